The van der Waals surface area contributed by atoms with Gasteiger partial charge in [-0.15, -0.1) is 0 Å². The molecular formula is C28H28IN3O7. The van der Waals surface area contributed by atoms with Crippen LogP contribution in [0.25, 0.3) is 0 Å². The van der Waals surface area contributed by atoms with E-state index in [1.54, 1.807) is 20.2 Å². The van der Waals surface area contributed by atoms with E-state index in [1.165, 1.54) is 4.90 Å². The summed E-state index contributed by atoms with van der Waals surface area (Å²) in [7, 11) is 3.19. The largest absolute Gasteiger partial charge is 0.510 e. The number of aliphatic hydroxyl groups is 3. The van der Waals surface area contributed by atoms with Crippen LogP contribution in [0.4, 0.5) is 5.69 Å². The summed E-state index contributed by atoms with van der Waals surface area (Å²) in [6.07, 6.45) is 0.312. The van der Waals surface area contributed by atoms with Crippen molar-refractivity contribution in [3.63, 3.8) is 0 Å². The van der Waals surface area contributed by atoms with Gasteiger partial charge in [-0.2, -0.15) is 0 Å². The van der Waals surface area contributed by atoms with Crippen LogP contribution >= 0.6 is 22.6 Å². The van der Waals surface area contributed by atoms with Crippen molar-refractivity contribution in [3.8, 4) is 5.75 Å². The SMILES string of the molecule is CN(C)[C@@H]1C(O)=C(C(N)=O)C(=O)[C@@]2(O)C(O)=C3C(=O)c4c(O)c(CNc5ccccc5)cc(I)c4C[C@H]3C[C@@H]12. The highest BCUT2D eigenvalue weighted by atomic mass is 127. The maximum Gasteiger partial charge on any atom is 0.255 e. The number of aromatic hydroxyl groups is 1. The fourth-order valence-electron chi connectivity index (χ4n) is 6.21. The number of fused-ring (bicyclic) bond motifs is 3. The van der Waals surface area contributed by atoms with Gasteiger partial charge >= 0.3 is 0 Å². The molecule has 7 N–H and O–H groups in total. The number of nitrogens with two attached hydrogens (primary N) is 1. The number of carbonyl (C=O) groups excluding carboxylic acids is 3. The number of para-hydroxylation sites is 1. The molecule has 39 heavy (non-hydrogen) atoms. The summed E-state index contributed by atoms with van der Waals surface area (Å²) < 4.78 is 0.751. The number of aliphatic hydroxyl groups excluding tert-OH is 2. The van der Waals surface area contributed by atoms with Gasteiger partial charge in [0, 0.05) is 32.9 Å². The summed E-state index contributed by atoms with van der Waals surface area (Å²) in [5, 5.41) is 48.3. The minimum Gasteiger partial charge on any atom is -0.510 e. The predicted octanol–water partition coefficient (Wildman–Crippen LogP) is 2.34. The van der Waals surface area contributed by atoms with Gasteiger partial charge in [0.15, 0.2) is 11.4 Å². The minimum atomic E-state index is -2.65. The molecule has 3 aliphatic carbocycles. The zero-order valence-corrected chi connectivity index (χ0v) is 23.4. The number of amides is 1. The summed E-state index contributed by atoms with van der Waals surface area (Å²) >= 11 is 2.11. The monoisotopic (exact) mass is 645 g/mol. The van der Waals surface area contributed by atoms with Crippen molar-refractivity contribution in [1.82, 2.24) is 4.90 Å². The van der Waals surface area contributed by atoms with Crippen LogP contribution in [0.15, 0.2) is 59.1 Å². The second kappa shape index (κ2) is 9.65. The number of allylic oxidation sites excluding steroid dienone is 1. The normalized spacial score (nSPS) is 26.3. The zero-order valence-electron chi connectivity index (χ0n) is 21.2. The van der Waals surface area contributed by atoms with Crippen molar-refractivity contribution in [1.29, 1.82) is 0 Å². The number of anilines is 1. The summed E-state index contributed by atoms with van der Waals surface area (Å²) in [6, 6.07) is 10.1. The standard InChI is InChI=1S/C28H28IN3O7/c1-32(2)21-16-9-12-8-15-17(29)10-13(11-31-14-6-4-3-5-7-14)22(33)19(15)23(34)18(12)25(36)28(16,39)26(37)20(24(21)35)27(30)38/h3-7,10,12,16,21,31,33,35-36,39H,8-9,11H2,1-2H3,(H2,30,38)/t12-,16-,21-,28-/m0/s1. The smallest absolute Gasteiger partial charge is 0.255 e. The van der Waals surface area contributed by atoms with Crippen LogP contribution in [0.1, 0.15) is 27.9 Å². The third-order valence-corrected chi connectivity index (χ3v) is 8.97. The molecule has 10 nitrogen and oxygen atoms in total. The summed E-state index contributed by atoms with van der Waals surface area (Å²) in [4.78, 5) is 40.9. The van der Waals surface area contributed by atoms with Crippen LogP contribution in [-0.4, -0.2) is 68.5 Å². The molecule has 4 atom stereocenters. The number of primary amides is 1. The van der Waals surface area contributed by atoms with Crippen molar-refractivity contribution in [2.75, 3.05) is 19.4 Å². The average molecular weight is 645 g/mol. The molecule has 0 aliphatic heterocycles. The van der Waals surface area contributed by atoms with E-state index >= 15 is 0 Å². The van der Waals surface area contributed by atoms with Crippen LogP contribution in [-0.2, 0) is 22.6 Å². The quantitative estimate of drug-likeness (QED) is 0.211. The molecule has 0 saturated carbocycles. The summed E-state index contributed by atoms with van der Waals surface area (Å²) in [6.45, 7) is 0.224. The molecule has 0 bridgehead atoms. The Bertz CT molecular complexity index is 1480. The van der Waals surface area contributed by atoms with Gasteiger partial charge in [-0.25, -0.2) is 0 Å². The van der Waals surface area contributed by atoms with Crippen LogP contribution < -0.4 is 11.1 Å². The molecule has 0 aromatic heterocycles. The molecule has 3 aliphatic rings. The number of phenolic OH excluding ortho intramolecular Hbond substituents is 1. The number of benzene rings is 2. The number of halogens is 1. The Labute approximate surface area is 238 Å². The molecule has 0 fully saturated rings. The number of hydrogen-bond acceptors (Lipinski definition) is 9. The third-order valence-electron chi connectivity index (χ3n) is 8.00. The number of Topliss-reactive ketones (excluding diaryl/α,β-unsaturated/α-hetero) is 2. The number of rotatable bonds is 5. The minimum absolute atomic E-state index is 0.00698. The number of nitrogens with one attached hydrogen (secondary N) is 1. The Morgan fingerprint density at radius 1 is 1.18 bits per heavy atom. The number of phenols is 1. The molecule has 11 heteroatoms. The van der Waals surface area contributed by atoms with Crippen LogP contribution in [0, 0.1) is 15.4 Å². The van der Waals surface area contributed by atoms with E-state index in [-0.39, 0.29) is 36.3 Å². The third kappa shape index (κ3) is 4.02. The van der Waals surface area contributed by atoms with Gasteiger partial charge in [0.1, 0.15) is 22.8 Å². The molecule has 0 unspecified atom stereocenters. The first-order valence-corrected chi connectivity index (χ1v) is 13.4. The first kappa shape index (κ1) is 27.2. The lowest BCUT2D eigenvalue weighted by Gasteiger charge is -2.50. The van der Waals surface area contributed by atoms with Gasteiger partial charge in [0.25, 0.3) is 5.91 Å². The van der Waals surface area contributed by atoms with E-state index < -0.39 is 58.0 Å². The second-order valence-corrected chi connectivity index (χ2v) is 11.6. The van der Waals surface area contributed by atoms with Crippen molar-refractivity contribution in [2.45, 2.75) is 31.0 Å². The summed E-state index contributed by atoms with van der Waals surface area (Å²) in [5.41, 5.74) is 3.62. The first-order chi connectivity index (χ1) is 18.4. The van der Waals surface area contributed by atoms with E-state index in [2.05, 4.69) is 27.9 Å². The van der Waals surface area contributed by atoms with E-state index in [4.69, 9.17) is 5.73 Å². The van der Waals surface area contributed by atoms with Gasteiger partial charge in [-0.3, -0.25) is 19.3 Å². The zero-order chi connectivity index (χ0) is 28.4. The molecule has 0 spiro atoms. The highest BCUT2D eigenvalue weighted by molar-refractivity contribution is 14.1. The van der Waals surface area contributed by atoms with Gasteiger partial charge in [0.05, 0.1) is 11.6 Å². The van der Waals surface area contributed by atoms with Crippen molar-refractivity contribution >= 4 is 45.8 Å². The molecule has 1 amide bonds. The topological polar surface area (TPSA) is 173 Å². The Kier molecular flexibility index (Phi) is 6.72. The fraction of sp³-hybridized carbons (Fsp3) is 0.321. The number of carbonyl (C=O) groups is 3. The number of likely N-dealkylation sites (N-methyl/N-ethyl adjacent to an activating group) is 1. The molecule has 0 radical (unpaired) electrons. The lowest BCUT2D eigenvalue weighted by Crippen LogP contribution is -2.63. The molecule has 2 aromatic carbocycles. The Morgan fingerprint density at radius 2 is 1.85 bits per heavy atom. The number of nitrogens with zero attached hydrogens (tertiary/aromatic N) is 1. The van der Waals surface area contributed by atoms with Gasteiger partial charge in [-0.1, -0.05) is 18.2 Å². The molecule has 204 valence electrons. The number of hydrogen-bond donors (Lipinski definition) is 6. The highest BCUT2D eigenvalue weighted by Gasteiger charge is 2.63. The molecule has 0 heterocycles. The van der Waals surface area contributed by atoms with Gasteiger partial charge in [-0.05, 0) is 79.2 Å². The van der Waals surface area contributed by atoms with Crippen molar-refractivity contribution < 1.29 is 34.8 Å². The van der Waals surface area contributed by atoms with Crippen LogP contribution in [0.5, 0.6) is 5.75 Å². The maximum atomic E-state index is 13.9. The van der Waals surface area contributed by atoms with Gasteiger partial charge < -0.3 is 31.5 Å². The lowest BCUT2D eigenvalue weighted by atomic mass is 9.58. The Balaban J connectivity index is 1.62. The predicted molar refractivity (Wildman–Crippen MR) is 150 cm³/mol. The molecular weight excluding hydrogens is 617 g/mol. The van der Waals surface area contributed by atoms with Crippen LogP contribution in [0.3, 0.4) is 0 Å². The fourth-order valence-corrected chi connectivity index (χ4v) is 7.08. The molecule has 2 aromatic rings. The first-order valence-electron chi connectivity index (χ1n) is 12.4. The maximum absolute atomic E-state index is 13.9. The highest BCUT2D eigenvalue weighted by Crippen LogP contribution is 2.52. The van der Waals surface area contributed by atoms with Crippen molar-refractivity contribution in [2.24, 2.45) is 17.6 Å². The average Bonchev–Trinajstić information content (AvgIpc) is 2.87. The summed E-state index contributed by atoms with van der Waals surface area (Å²) in [5.74, 6) is -6.56. The van der Waals surface area contributed by atoms with Crippen molar-refractivity contribution in [3.05, 3.63) is 79.3 Å². The Hall–Kier alpha value is -3.42. The van der Waals surface area contributed by atoms with Crippen LogP contribution in [0.2, 0.25) is 0 Å². The Morgan fingerprint density at radius 3 is 2.46 bits per heavy atom. The van der Waals surface area contributed by atoms with E-state index in [1.807, 2.05) is 30.3 Å². The molecule has 5 rings (SSSR count). The molecule has 0 saturated heterocycles. The second-order valence-electron chi connectivity index (χ2n) is 10.4. The van der Waals surface area contributed by atoms with E-state index in [0.29, 0.717) is 11.1 Å². The lowest BCUT2D eigenvalue weighted by molar-refractivity contribution is -0.148. The number of ketones is 2. The van der Waals surface area contributed by atoms with E-state index in [0.717, 1.165) is 9.26 Å². The van der Waals surface area contributed by atoms with E-state index in [9.17, 15) is 34.8 Å². The van der Waals surface area contributed by atoms with Gasteiger partial charge in [0.2, 0.25) is 5.78 Å².